The second-order valence-electron chi connectivity index (χ2n) is 7.24. The summed E-state index contributed by atoms with van der Waals surface area (Å²) < 4.78 is 21.1. The van der Waals surface area contributed by atoms with E-state index in [0.717, 1.165) is 87.4 Å². The van der Waals surface area contributed by atoms with E-state index in [-0.39, 0.29) is 11.8 Å². The Labute approximate surface area is 153 Å². The lowest BCUT2D eigenvalue weighted by Gasteiger charge is -2.26. The Morgan fingerprint density at radius 2 is 1.88 bits per heavy atom. The average Bonchev–Trinajstić information content (AvgIpc) is 3.27. The van der Waals surface area contributed by atoms with Gasteiger partial charge in [0, 0.05) is 43.8 Å². The second kappa shape index (κ2) is 7.37. The van der Waals surface area contributed by atoms with Crippen molar-refractivity contribution in [3.8, 4) is 0 Å². The monoisotopic (exact) mass is 359 g/mol. The minimum absolute atomic E-state index is 0.0224. The molecule has 2 aliphatic rings. The van der Waals surface area contributed by atoms with Gasteiger partial charge in [0.2, 0.25) is 0 Å². The summed E-state index contributed by atoms with van der Waals surface area (Å²) in [5, 5.41) is 0.864. The molecule has 0 unspecified atom stereocenters. The van der Waals surface area contributed by atoms with E-state index in [2.05, 4.69) is 4.90 Å². The Hall–Kier alpha value is -1.92. The van der Waals surface area contributed by atoms with Crippen LogP contribution in [0.3, 0.4) is 0 Å². The molecule has 1 aromatic carbocycles. The van der Waals surface area contributed by atoms with E-state index in [1.54, 1.807) is 16.7 Å². The molecule has 3 heterocycles. The van der Waals surface area contributed by atoms with Gasteiger partial charge < -0.3 is 9.64 Å². The Morgan fingerprint density at radius 1 is 1.15 bits per heavy atom. The fourth-order valence-corrected chi connectivity index (χ4v) is 4.16. The maximum absolute atomic E-state index is 13.9. The molecule has 1 amide bonds. The van der Waals surface area contributed by atoms with Crippen LogP contribution in [0.2, 0.25) is 0 Å². The third kappa shape index (κ3) is 3.23. The molecule has 0 aliphatic carbocycles. The van der Waals surface area contributed by atoms with Gasteiger partial charge in [-0.1, -0.05) is 0 Å². The first-order valence-electron chi connectivity index (χ1n) is 9.54. The first-order chi connectivity index (χ1) is 12.6. The van der Waals surface area contributed by atoms with Gasteiger partial charge in [-0.05, 0) is 49.9 Å². The zero-order valence-corrected chi connectivity index (χ0v) is 15.3. The fourth-order valence-electron chi connectivity index (χ4n) is 4.16. The molecule has 0 saturated carbocycles. The van der Waals surface area contributed by atoms with Crippen molar-refractivity contribution in [1.29, 1.82) is 0 Å². The summed E-state index contributed by atoms with van der Waals surface area (Å²) in [7, 11) is 0. The van der Waals surface area contributed by atoms with Crippen LogP contribution in [0, 0.1) is 12.7 Å². The highest BCUT2D eigenvalue weighted by atomic mass is 19.1. The van der Waals surface area contributed by atoms with E-state index in [1.165, 1.54) is 6.07 Å². The van der Waals surface area contributed by atoms with Crippen molar-refractivity contribution in [2.24, 2.45) is 0 Å². The minimum Gasteiger partial charge on any atom is -0.379 e. The molecule has 4 rings (SSSR count). The van der Waals surface area contributed by atoms with Gasteiger partial charge in [-0.25, -0.2) is 9.18 Å². The zero-order valence-electron chi connectivity index (χ0n) is 15.3. The SMILES string of the molecule is Cc1c(CCN2CCOCC2)c2cc(F)ccc2n1C(=O)N1CCCC1. The van der Waals surface area contributed by atoms with E-state index < -0.39 is 0 Å². The number of benzene rings is 1. The van der Waals surface area contributed by atoms with Crippen LogP contribution < -0.4 is 0 Å². The van der Waals surface area contributed by atoms with Crippen molar-refractivity contribution < 1.29 is 13.9 Å². The lowest BCUT2D eigenvalue weighted by atomic mass is 10.1. The summed E-state index contributed by atoms with van der Waals surface area (Å²) >= 11 is 0. The molecule has 0 N–H and O–H groups in total. The Kier molecular flexibility index (Phi) is 4.96. The number of likely N-dealkylation sites (tertiary alicyclic amines) is 1. The van der Waals surface area contributed by atoms with E-state index in [0.29, 0.717) is 0 Å². The standard InChI is InChI=1S/C20H26FN3O2/c1-15-17(6-9-22-10-12-26-13-11-22)18-14-16(21)4-5-19(18)24(15)20(25)23-7-2-3-8-23/h4-5,14H,2-3,6-13H2,1H3. The lowest BCUT2D eigenvalue weighted by molar-refractivity contribution is 0.0384. The number of carbonyl (C=O) groups is 1. The number of hydrogen-bond acceptors (Lipinski definition) is 3. The van der Waals surface area contributed by atoms with Crippen LogP contribution in [0.1, 0.15) is 24.1 Å². The number of hydrogen-bond donors (Lipinski definition) is 0. The number of nitrogens with zero attached hydrogens (tertiary/aromatic N) is 3. The van der Waals surface area contributed by atoms with Gasteiger partial charge in [0.15, 0.2) is 0 Å². The molecule has 2 fully saturated rings. The quantitative estimate of drug-likeness (QED) is 0.845. The molecule has 2 aliphatic heterocycles. The van der Waals surface area contributed by atoms with Gasteiger partial charge in [-0.2, -0.15) is 0 Å². The average molecular weight is 359 g/mol. The van der Waals surface area contributed by atoms with Crippen LogP contribution in [0.5, 0.6) is 0 Å². The number of morpholine rings is 1. The first-order valence-corrected chi connectivity index (χ1v) is 9.54. The van der Waals surface area contributed by atoms with E-state index >= 15 is 0 Å². The van der Waals surface area contributed by atoms with Crippen molar-refractivity contribution >= 4 is 16.9 Å². The van der Waals surface area contributed by atoms with E-state index in [1.807, 2.05) is 11.8 Å². The van der Waals surface area contributed by atoms with Gasteiger partial charge in [-0.3, -0.25) is 9.47 Å². The summed E-state index contributed by atoms with van der Waals surface area (Å²) in [5.74, 6) is -0.254. The summed E-state index contributed by atoms with van der Waals surface area (Å²) in [5.41, 5.74) is 2.84. The summed E-state index contributed by atoms with van der Waals surface area (Å²) in [4.78, 5) is 17.3. The van der Waals surface area contributed by atoms with Crippen molar-refractivity contribution in [3.05, 3.63) is 35.3 Å². The normalized spacial score (nSPS) is 18.8. The predicted octanol–water partition coefficient (Wildman–Crippen LogP) is 3.03. The van der Waals surface area contributed by atoms with Crippen LogP contribution in [0.4, 0.5) is 9.18 Å². The maximum Gasteiger partial charge on any atom is 0.328 e. The fraction of sp³-hybridized carbons (Fsp3) is 0.550. The van der Waals surface area contributed by atoms with Crippen molar-refractivity contribution in [2.45, 2.75) is 26.2 Å². The van der Waals surface area contributed by atoms with Gasteiger partial charge in [-0.15, -0.1) is 0 Å². The molecule has 1 aromatic heterocycles. The topological polar surface area (TPSA) is 37.7 Å². The van der Waals surface area contributed by atoms with Gasteiger partial charge >= 0.3 is 6.03 Å². The van der Waals surface area contributed by atoms with Gasteiger partial charge in [0.1, 0.15) is 5.82 Å². The highest BCUT2D eigenvalue weighted by molar-refractivity contribution is 5.95. The predicted molar refractivity (Wildman–Crippen MR) is 99.2 cm³/mol. The smallest absolute Gasteiger partial charge is 0.328 e. The Balaban J connectivity index is 1.68. The molecule has 6 heteroatoms. The summed E-state index contributed by atoms with van der Waals surface area (Å²) in [6.07, 6.45) is 2.93. The third-order valence-corrected chi connectivity index (χ3v) is 5.65. The van der Waals surface area contributed by atoms with Gasteiger partial charge in [0.05, 0.1) is 18.7 Å². The Bertz CT molecular complexity index is 805. The highest BCUT2D eigenvalue weighted by Gasteiger charge is 2.25. The maximum atomic E-state index is 13.9. The van der Waals surface area contributed by atoms with Crippen molar-refractivity contribution in [3.63, 3.8) is 0 Å². The lowest BCUT2D eigenvalue weighted by Crippen LogP contribution is -2.37. The van der Waals surface area contributed by atoms with Crippen LogP contribution in [0.15, 0.2) is 18.2 Å². The number of carbonyl (C=O) groups excluding carboxylic acids is 1. The van der Waals surface area contributed by atoms with Crippen molar-refractivity contribution in [2.75, 3.05) is 45.9 Å². The molecule has 2 aromatic rings. The molecule has 5 nitrogen and oxygen atoms in total. The third-order valence-electron chi connectivity index (χ3n) is 5.65. The number of fused-ring (bicyclic) bond motifs is 1. The molecular weight excluding hydrogens is 333 g/mol. The molecule has 0 bridgehead atoms. The van der Waals surface area contributed by atoms with Crippen LogP contribution >= 0.6 is 0 Å². The summed E-state index contributed by atoms with van der Waals surface area (Å²) in [6.45, 7) is 7.89. The molecule has 0 spiro atoms. The van der Waals surface area contributed by atoms with Crippen molar-refractivity contribution in [1.82, 2.24) is 14.4 Å². The number of ether oxygens (including phenoxy) is 1. The van der Waals surface area contributed by atoms with E-state index in [4.69, 9.17) is 4.74 Å². The van der Waals surface area contributed by atoms with E-state index in [9.17, 15) is 9.18 Å². The number of rotatable bonds is 3. The zero-order chi connectivity index (χ0) is 18.1. The minimum atomic E-state index is -0.254. The number of amides is 1. The second-order valence-corrected chi connectivity index (χ2v) is 7.24. The molecule has 0 radical (unpaired) electrons. The van der Waals surface area contributed by atoms with Gasteiger partial charge in [0.25, 0.3) is 0 Å². The molecule has 140 valence electrons. The Morgan fingerprint density at radius 3 is 2.62 bits per heavy atom. The molecule has 0 atom stereocenters. The van der Waals surface area contributed by atoms with Crippen LogP contribution in [0.25, 0.3) is 10.9 Å². The number of aromatic nitrogens is 1. The number of halogens is 1. The van der Waals surface area contributed by atoms with Crippen LogP contribution in [-0.2, 0) is 11.2 Å². The first kappa shape index (κ1) is 17.5. The largest absolute Gasteiger partial charge is 0.379 e. The summed E-state index contributed by atoms with van der Waals surface area (Å²) in [6, 6.07) is 4.78. The molecule has 26 heavy (non-hydrogen) atoms. The molecular formula is C20H26FN3O2. The van der Waals surface area contributed by atoms with Crippen LogP contribution in [-0.4, -0.2) is 66.3 Å². The molecule has 2 saturated heterocycles. The highest BCUT2D eigenvalue weighted by Crippen LogP contribution is 2.28.